The second-order valence-electron chi connectivity index (χ2n) is 14.3. The Morgan fingerprint density at radius 1 is 0.824 bits per heavy atom. The topological polar surface area (TPSA) is 35.5 Å². The minimum Gasteiger partial charge on any atom is -0.469 e. The van der Waals surface area contributed by atoms with Gasteiger partial charge in [0.05, 0.1) is 18.6 Å². The quantitative estimate of drug-likeness (QED) is 0.317. The number of hydrogen-bond donors (Lipinski definition) is 0. The third-order valence-electron chi connectivity index (χ3n) is 13.0. The van der Waals surface area contributed by atoms with Crippen LogP contribution in [-0.4, -0.2) is 26.3 Å². The molecule has 0 heterocycles. The van der Waals surface area contributed by atoms with Gasteiger partial charge in [-0.25, -0.2) is 0 Å². The summed E-state index contributed by atoms with van der Waals surface area (Å²) in [5.41, 5.74) is 2.05. The van der Waals surface area contributed by atoms with Gasteiger partial charge in [0.2, 0.25) is 0 Å². The number of carbonyl (C=O) groups is 1. The minimum absolute atomic E-state index is 0.0716. The molecule has 5 rings (SSSR count). The molecular formula is C31H50O3. The number of methoxy groups -OCH3 is 2. The van der Waals surface area contributed by atoms with Gasteiger partial charge in [-0.05, 0) is 123 Å². The van der Waals surface area contributed by atoms with Crippen molar-refractivity contribution in [3.63, 3.8) is 0 Å². The van der Waals surface area contributed by atoms with Crippen LogP contribution < -0.4 is 0 Å². The summed E-state index contributed by atoms with van der Waals surface area (Å²) in [6, 6.07) is 0. The molecule has 0 aromatic carbocycles. The van der Waals surface area contributed by atoms with Crippen LogP contribution in [0.3, 0.4) is 0 Å². The number of hydrogen-bond acceptors (Lipinski definition) is 3. The van der Waals surface area contributed by atoms with Gasteiger partial charge in [-0.2, -0.15) is 0 Å². The van der Waals surface area contributed by atoms with E-state index in [0.29, 0.717) is 34.7 Å². The monoisotopic (exact) mass is 470 g/mol. The Bertz CT molecular complexity index is 846. The maximum Gasteiger partial charge on any atom is 0.312 e. The molecule has 192 valence electrons. The lowest BCUT2D eigenvalue weighted by Crippen LogP contribution is -2.63. The Morgan fingerprint density at radius 2 is 1.50 bits per heavy atom. The lowest BCUT2D eigenvalue weighted by Gasteiger charge is -2.69. The highest BCUT2D eigenvalue weighted by molar-refractivity contribution is 5.78. The van der Waals surface area contributed by atoms with Crippen LogP contribution >= 0.6 is 0 Å². The van der Waals surface area contributed by atoms with E-state index in [4.69, 9.17) is 9.47 Å². The number of ether oxygens (including phenoxy) is 2. The lowest BCUT2D eigenvalue weighted by molar-refractivity contribution is -0.221. The van der Waals surface area contributed by atoms with Gasteiger partial charge in [0, 0.05) is 7.11 Å². The van der Waals surface area contributed by atoms with E-state index in [1.807, 2.05) is 7.11 Å². The molecule has 5 fully saturated rings. The highest BCUT2D eigenvalue weighted by Crippen LogP contribution is 2.73. The van der Waals surface area contributed by atoms with Crippen LogP contribution in [0.1, 0.15) is 98.8 Å². The van der Waals surface area contributed by atoms with Gasteiger partial charge in [-0.3, -0.25) is 4.79 Å². The number of carbonyl (C=O) groups excluding carboxylic acids is 1. The van der Waals surface area contributed by atoms with E-state index >= 15 is 0 Å². The van der Waals surface area contributed by atoms with Gasteiger partial charge in [-0.1, -0.05) is 39.8 Å². The summed E-state index contributed by atoms with van der Waals surface area (Å²) < 4.78 is 11.5. The van der Waals surface area contributed by atoms with Gasteiger partial charge in [-0.15, -0.1) is 0 Å². The Balaban J connectivity index is 1.50. The number of rotatable bonds is 3. The second-order valence-corrected chi connectivity index (χ2v) is 14.3. The Kier molecular flexibility index (Phi) is 5.91. The molecule has 10 atom stereocenters. The van der Waals surface area contributed by atoms with Gasteiger partial charge in [0.25, 0.3) is 0 Å². The Labute approximate surface area is 208 Å². The van der Waals surface area contributed by atoms with E-state index in [9.17, 15) is 4.79 Å². The van der Waals surface area contributed by atoms with Crippen molar-refractivity contribution < 1.29 is 14.3 Å². The smallest absolute Gasteiger partial charge is 0.312 e. The maximum atomic E-state index is 13.3. The summed E-state index contributed by atoms with van der Waals surface area (Å²) in [7, 11) is 3.52. The van der Waals surface area contributed by atoms with Crippen molar-refractivity contribution in [2.75, 3.05) is 14.2 Å². The first-order valence-electron chi connectivity index (χ1n) is 14.2. The fraction of sp³-hybridized carbons (Fsp3) is 0.903. The molecule has 5 saturated carbocycles. The third-order valence-corrected chi connectivity index (χ3v) is 13.0. The largest absolute Gasteiger partial charge is 0.469 e. The summed E-state index contributed by atoms with van der Waals surface area (Å²) in [6.07, 6.45) is 12.5. The second kappa shape index (κ2) is 8.09. The van der Waals surface area contributed by atoms with Gasteiger partial charge < -0.3 is 9.47 Å². The molecule has 0 bridgehead atoms. The fourth-order valence-corrected chi connectivity index (χ4v) is 11.8. The summed E-state index contributed by atoms with van der Waals surface area (Å²) in [6.45, 7) is 16.9. The molecule has 3 heteroatoms. The van der Waals surface area contributed by atoms with Crippen LogP contribution in [0.5, 0.6) is 0 Å². The number of fused-ring (bicyclic) bond motifs is 7. The zero-order chi connectivity index (χ0) is 24.7. The average Bonchev–Trinajstić information content (AvgIpc) is 3.19. The first-order chi connectivity index (χ1) is 16.0. The highest BCUT2D eigenvalue weighted by atomic mass is 16.5. The van der Waals surface area contributed by atoms with Crippen molar-refractivity contribution in [1.29, 1.82) is 0 Å². The van der Waals surface area contributed by atoms with Crippen molar-refractivity contribution in [2.45, 2.75) is 105 Å². The Hall–Kier alpha value is -0.830. The molecule has 5 unspecified atom stereocenters. The van der Waals surface area contributed by atoms with E-state index in [1.165, 1.54) is 50.5 Å². The normalized spacial score (nSPS) is 51.4. The highest BCUT2D eigenvalue weighted by Gasteiger charge is 2.68. The maximum absolute atomic E-state index is 13.3. The fourth-order valence-electron chi connectivity index (χ4n) is 11.8. The minimum atomic E-state index is -0.262. The van der Waals surface area contributed by atoms with Gasteiger partial charge in [0.15, 0.2) is 0 Å². The molecule has 0 aliphatic heterocycles. The van der Waals surface area contributed by atoms with E-state index in [-0.39, 0.29) is 16.8 Å². The predicted molar refractivity (Wildman–Crippen MR) is 137 cm³/mol. The zero-order valence-corrected chi connectivity index (χ0v) is 23.0. The van der Waals surface area contributed by atoms with E-state index in [2.05, 4.69) is 41.2 Å². The van der Waals surface area contributed by atoms with Crippen molar-refractivity contribution in [1.82, 2.24) is 0 Å². The molecule has 0 radical (unpaired) electrons. The summed E-state index contributed by atoms with van der Waals surface area (Å²) in [4.78, 5) is 13.3. The summed E-state index contributed by atoms with van der Waals surface area (Å²) in [5.74, 6) is 3.88. The van der Waals surface area contributed by atoms with Crippen molar-refractivity contribution in [2.24, 2.45) is 57.2 Å². The van der Waals surface area contributed by atoms with Gasteiger partial charge in [0.1, 0.15) is 0 Å². The number of esters is 1. The molecule has 3 nitrogen and oxygen atoms in total. The van der Waals surface area contributed by atoms with E-state index < -0.39 is 0 Å². The predicted octanol–water partition coefficient (Wildman–Crippen LogP) is 7.44. The van der Waals surface area contributed by atoms with Crippen LogP contribution in [0.15, 0.2) is 12.2 Å². The zero-order valence-electron chi connectivity index (χ0n) is 23.0. The first kappa shape index (κ1) is 24.8. The summed E-state index contributed by atoms with van der Waals surface area (Å²) in [5, 5.41) is 0. The third kappa shape index (κ3) is 3.07. The molecule has 5 aliphatic rings. The molecule has 0 aromatic rings. The molecule has 5 aliphatic carbocycles. The van der Waals surface area contributed by atoms with Crippen molar-refractivity contribution >= 4 is 5.97 Å². The summed E-state index contributed by atoms with van der Waals surface area (Å²) >= 11 is 0. The van der Waals surface area contributed by atoms with Crippen LogP contribution in [0.4, 0.5) is 0 Å². The molecular weight excluding hydrogens is 420 g/mol. The lowest BCUT2D eigenvalue weighted by atomic mass is 9.36. The SMILES string of the molecule is C=C(C)[C@@H]1CC[C@]2(C(=O)OC)CCC3C(CCC4[C@@]3(C)CCC3C(C)(C)[C@@H](OC)CC[C@@]34C)C12. The molecule has 0 aromatic heterocycles. The molecule has 0 amide bonds. The molecule has 0 saturated heterocycles. The van der Waals surface area contributed by atoms with Crippen molar-refractivity contribution in [3.05, 3.63) is 12.2 Å². The standard InChI is InChI=1S/C31H50O3/c1-19(2)20-11-17-31(27(32)34-8)18-12-22-21(26(20)31)9-10-24-29(22,5)15-13-23-28(3,4)25(33-7)14-16-30(23,24)6/h20-26H,1,9-18H2,2-8H3/t20-,21?,22?,23?,24?,25-,26?,29-,30-,31-/m0/s1. The molecule has 0 spiro atoms. The van der Waals surface area contributed by atoms with E-state index in [1.54, 1.807) is 7.11 Å². The van der Waals surface area contributed by atoms with Crippen LogP contribution in [0, 0.1) is 57.2 Å². The molecule has 0 N–H and O–H groups in total. The average molecular weight is 471 g/mol. The van der Waals surface area contributed by atoms with E-state index in [0.717, 1.165) is 37.0 Å². The Morgan fingerprint density at radius 3 is 2.15 bits per heavy atom. The first-order valence-corrected chi connectivity index (χ1v) is 14.2. The number of allylic oxidation sites excluding steroid dienone is 1. The van der Waals surface area contributed by atoms with Gasteiger partial charge >= 0.3 is 5.97 Å². The van der Waals surface area contributed by atoms with Crippen LogP contribution in [0.25, 0.3) is 0 Å². The van der Waals surface area contributed by atoms with Crippen LogP contribution in [0.2, 0.25) is 0 Å². The van der Waals surface area contributed by atoms with Crippen LogP contribution in [-0.2, 0) is 14.3 Å². The molecule has 34 heavy (non-hydrogen) atoms. The van der Waals surface area contributed by atoms with Crippen molar-refractivity contribution in [3.8, 4) is 0 Å².